The summed E-state index contributed by atoms with van der Waals surface area (Å²) in [6.45, 7) is 2.29. The van der Waals surface area contributed by atoms with E-state index in [1.165, 1.54) is 24.1 Å². The van der Waals surface area contributed by atoms with Crippen molar-refractivity contribution in [3.63, 3.8) is 0 Å². The van der Waals surface area contributed by atoms with Crippen molar-refractivity contribution in [2.75, 3.05) is 20.1 Å². The van der Waals surface area contributed by atoms with Gasteiger partial charge in [-0.25, -0.2) is 0 Å². The molecule has 1 aromatic rings. The Morgan fingerprint density at radius 3 is 3.14 bits per heavy atom. The Balaban J connectivity index is 2.00. The van der Waals surface area contributed by atoms with Gasteiger partial charge in [0.1, 0.15) is 0 Å². The normalized spacial score (nSPS) is 31.2. The summed E-state index contributed by atoms with van der Waals surface area (Å²) in [4.78, 5) is 2.49. The first-order valence-corrected chi connectivity index (χ1v) is 5.38. The van der Waals surface area contributed by atoms with E-state index in [2.05, 4.69) is 41.5 Å². The van der Waals surface area contributed by atoms with Crippen LogP contribution in [-0.4, -0.2) is 31.1 Å². The molecule has 0 spiro atoms. The van der Waals surface area contributed by atoms with Crippen LogP contribution in [0.2, 0.25) is 0 Å². The van der Waals surface area contributed by atoms with Gasteiger partial charge in [0.2, 0.25) is 0 Å². The van der Waals surface area contributed by atoms with Crippen molar-refractivity contribution in [1.29, 1.82) is 0 Å². The highest BCUT2D eigenvalue weighted by Crippen LogP contribution is 2.35. The van der Waals surface area contributed by atoms with Crippen LogP contribution >= 0.6 is 0 Å². The largest absolute Gasteiger partial charge is 0.307 e. The molecule has 1 aliphatic carbocycles. The molecule has 0 saturated carbocycles. The van der Waals surface area contributed by atoms with E-state index in [0.717, 1.165) is 6.54 Å². The maximum atomic E-state index is 3.63. The van der Waals surface area contributed by atoms with Gasteiger partial charge in [-0.15, -0.1) is 0 Å². The molecule has 1 fully saturated rings. The molecule has 14 heavy (non-hydrogen) atoms. The molecule has 2 nitrogen and oxygen atoms in total. The molecule has 1 saturated heterocycles. The second kappa shape index (κ2) is 3.07. The maximum absolute atomic E-state index is 3.63. The summed E-state index contributed by atoms with van der Waals surface area (Å²) in [6.07, 6.45) is 1.21. The summed E-state index contributed by atoms with van der Waals surface area (Å²) in [5.41, 5.74) is 3.05. The Morgan fingerprint density at radius 2 is 2.21 bits per heavy atom. The number of nitrogens with one attached hydrogen (secondary N) is 1. The monoisotopic (exact) mass is 188 g/mol. The lowest BCUT2D eigenvalue weighted by atomic mass is 10.0. The number of rotatable bonds is 0. The van der Waals surface area contributed by atoms with E-state index < -0.39 is 0 Å². The number of piperazine rings is 1. The molecule has 2 aliphatic rings. The quantitative estimate of drug-likeness (QED) is 0.658. The molecule has 1 aliphatic heterocycles. The summed E-state index contributed by atoms with van der Waals surface area (Å²) in [5.74, 6) is 0. The zero-order chi connectivity index (χ0) is 9.54. The van der Waals surface area contributed by atoms with E-state index in [1.807, 2.05) is 0 Å². The van der Waals surface area contributed by atoms with Crippen LogP contribution in [0.5, 0.6) is 0 Å². The third kappa shape index (κ3) is 1.11. The first-order chi connectivity index (χ1) is 6.86. The van der Waals surface area contributed by atoms with Gasteiger partial charge in [0.05, 0.1) is 0 Å². The summed E-state index contributed by atoms with van der Waals surface area (Å²) >= 11 is 0. The van der Waals surface area contributed by atoms with Crippen molar-refractivity contribution in [2.45, 2.75) is 18.5 Å². The zero-order valence-corrected chi connectivity index (χ0v) is 8.53. The number of hydrogen-bond acceptors (Lipinski definition) is 2. The smallest absolute Gasteiger partial charge is 0.0484 e. The Bertz CT molecular complexity index is 348. The van der Waals surface area contributed by atoms with Crippen LogP contribution in [0.4, 0.5) is 0 Å². The van der Waals surface area contributed by atoms with Crippen LogP contribution in [-0.2, 0) is 6.42 Å². The minimum atomic E-state index is 0.574. The first-order valence-electron chi connectivity index (χ1n) is 5.38. The topological polar surface area (TPSA) is 15.3 Å². The fraction of sp³-hybridized carbons (Fsp3) is 0.500. The summed E-state index contributed by atoms with van der Waals surface area (Å²) in [6, 6.07) is 10.1. The Labute approximate surface area is 84.9 Å². The highest BCUT2D eigenvalue weighted by atomic mass is 15.2. The fourth-order valence-electron chi connectivity index (χ4n) is 2.79. The standard InChI is InChI=1S/C12H16N2/c1-14-7-6-13-12-10-5-3-2-4-9(10)8-11(12)14/h2-5,11-13H,6-8H2,1H3. The van der Waals surface area contributed by atoms with Crippen molar-refractivity contribution >= 4 is 0 Å². The van der Waals surface area contributed by atoms with Gasteiger partial charge in [0, 0.05) is 25.2 Å². The van der Waals surface area contributed by atoms with Gasteiger partial charge in [-0.2, -0.15) is 0 Å². The van der Waals surface area contributed by atoms with Crippen LogP contribution in [0.15, 0.2) is 24.3 Å². The van der Waals surface area contributed by atoms with Crippen molar-refractivity contribution < 1.29 is 0 Å². The van der Waals surface area contributed by atoms with Gasteiger partial charge in [-0.1, -0.05) is 24.3 Å². The molecule has 0 aromatic heterocycles. The molecule has 1 N–H and O–H groups in total. The first kappa shape index (κ1) is 8.45. The van der Waals surface area contributed by atoms with Crippen molar-refractivity contribution in [1.82, 2.24) is 10.2 Å². The minimum Gasteiger partial charge on any atom is -0.307 e. The number of fused-ring (bicyclic) bond motifs is 3. The Kier molecular flexibility index (Phi) is 1.85. The number of nitrogens with zero attached hydrogens (tertiary/aromatic N) is 1. The molecule has 1 aromatic carbocycles. The molecular weight excluding hydrogens is 172 g/mol. The van der Waals surface area contributed by atoms with E-state index in [1.54, 1.807) is 0 Å². The lowest BCUT2D eigenvalue weighted by Crippen LogP contribution is -2.49. The van der Waals surface area contributed by atoms with Crippen molar-refractivity contribution in [2.24, 2.45) is 0 Å². The lowest BCUT2D eigenvalue weighted by Gasteiger charge is -2.35. The second-order valence-corrected chi connectivity index (χ2v) is 4.38. The predicted octanol–water partition coefficient (Wildman–Crippen LogP) is 1.19. The molecule has 74 valence electrons. The third-order valence-electron chi connectivity index (χ3n) is 3.60. The van der Waals surface area contributed by atoms with Crippen molar-refractivity contribution in [3.05, 3.63) is 35.4 Å². The van der Waals surface area contributed by atoms with Crippen LogP contribution in [0.3, 0.4) is 0 Å². The van der Waals surface area contributed by atoms with Gasteiger partial charge in [-0.05, 0) is 24.6 Å². The molecule has 2 unspecified atom stereocenters. The summed E-state index contributed by atoms with van der Waals surface area (Å²) in [5, 5.41) is 3.63. The molecular formula is C12H16N2. The molecule has 0 radical (unpaired) electrons. The fourth-order valence-corrected chi connectivity index (χ4v) is 2.79. The molecule has 1 heterocycles. The van der Waals surface area contributed by atoms with E-state index in [4.69, 9.17) is 0 Å². The minimum absolute atomic E-state index is 0.574. The SMILES string of the molecule is CN1CCNC2c3ccccc3CC21. The van der Waals surface area contributed by atoms with Crippen molar-refractivity contribution in [3.8, 4) is 0 Å². The van der Waals surface area contributed by atoms with Gasteiger partial charge >= 0.3 is 0 Å². The van der Waals surface area contributed by atoms with E-state index >= 15 is 0 Å². The molecule has 2 heteroatoms. The summed E-state index contributed by atoms with van der Waals surface area (Å²) < 4.78 is 0. The molecule has 0 bridgehead atoms. The van der Waals surface area contributed by atoms with Crippen LogP contribution < -0.4 is 5.32 Å². The predicted molar refractivity (Wildman–Crippen MR) is 57.3 cm³/mol. The lowest BCUT2D eigenvalue weighted by molar-refractivity contribution is 0.163. The van der Waals surface area contributed by atoms with Crippen LogP contribution in [0.1, 0.15) is 17.2 Å². The highest BCUT2D eigenvalue weighted by Gasteiger charge is 2.36. The zero-order valence-electron chi connectivity index (χ0n) is 8.53. The van der Waals surface area contributed by atoms with E-state index in [9.17, 15) is 0 Å². The van der Waals surface area contributed by atoms with Gasteiger partial charge < -0.3 is 5.32 Å². The van der Waals surface area contributed by atoms with Crippen LogP contribution in [0, 0.1) is 0 Å². The average molecular weight is 188 g/mol. The van der Waals surface area contributed by atoms with E-state index in [-0.39, 0.29) is 0 Å². The average Bonchev–Trinajstić information content (AvgIpc) is 2.59. The molecule has 2 atom stereocenters. The van der Waals surface area contributed by atoms with Gasteiger partial charge in [-0.3, -0.25) is 4.90 Å². The maximum Gasteiger partial charge on any atom is 0.0484 e. The van der Waals surface area contributed by atoms with Gasteiger partial charge in [0.25, 0.3) is 0 Å². The third-order valence-corrected chi connectivity index (χ3v) is 3.60. The van der Waals surface area contributed by atoms with Crippen LogP contribution in [0.25, 0.3) is 0 Å². The highest BCUT2D eigenvalue weighted by molar-refractivity contribution is 5.37. The Morgan fingerprint density at radius 1 is 1.36 bits per heavy atom. The number of likely N-dealkylation sites (N-methyl/N-ethyl adjacent to an activating group) is 1. The Hall–Kier alpha value is -0.860. The van der Waals surface area contributed by atoms with Gasteiger partial charge in [0.15, 0.2) is 0 Å². The molecule has 3 rings (SSSR count). The molecule has 0 amide bonds. The van der Waals surface area contributed by atoms with E-state index in [0.29, 0.717) is 12.1 Å². The summed E-state index contributed by atoms with van der Waals surface area (Å²) in [7, 11) is 2.24. The number of hydrogen-bond donors (Lipinski definition) is 1. The number of benzene rings is 1. The second-order valence-electron chi connectivity index (χ2n) is 4.38.